The van der Waals surface area contributed by atoms with Crippen molar-refractivity contribution >= 4 is 5.78 Å². The third-order valence-electron chi connectivity index (χ3n) is 5.12. The van der Waals surface area contributed by atoms with Gasteiger partial charge in [-0.2, -0.15) is 0 Å². The maximum Gasteiger partial charge on any atom is 0.146 e. The van der Waals surface area contributed by atoms with E-state index in [9.17, 15) is 4.79 Å². The minimum atomic E-state index is -0.276. The molecular formula is C18H24O2. The highest BCUT2D eigenvalue weighted by atomic mass is 16.5. The molecule has 2 nitrogen and oxygen atoms in total. The van der Waals surface area contributed by atoms with Gasteiger partial charge >= 0.3 is 0 Å². The highest BCUT2D eigenvalue weighted by molar-refractivity contribution is 5.92. The average Bonchev–Trinajstić information content (AvgIpc) is 2.56. The number of hydrogen-bond acceptors (Lipinski definition) is 2. The van der Waals surface area contributed by atoms with Crippen molar-refractivity contribution < 1.29 is 9.53 Å². The van der Waals surface area contributed by atoms with Crippen LogP contribution in [0.15, 0.2) is 30.3 Å². The van der Waals surface area contributed by atoms with Crippen molar-refractivity contribution in [3.05, 3.63) is 35.9 Å². The van der Waals surface area contributed by atoms with E-state index in [1.165, 1.54) is 24.8 Å². The predicted molar refractivity (Wildman–Crippen MR) is 79.8 cm³/mol. The highest BCUT2D eigenvalue weighted by Crippen LogP contribution is 2.40. The molecule has 0 aromatic heterocycles. The molecule has 20 heavy (non-hydrogen) atoms. The minimum Gasteiger partial charge on any atom is -0.381 e. The Labute approximate surface area is 121 Å². The fourth-order valence-electron chi connectivity index (χ4n) is 3.91. The van der Waals surface area contributed by atoms with E-state index in [4.69, 9.17) is 4.74 Å². The molecule has 3 rings (SSSR count). The van der Waals surface area contributed by atoms with Gasteiger partial charge in [0.25, 0.3) is 0 Å². The molecule has 1 aromatic carbocycles. The Kier molecular flexibility index (Phi) is 4.21. The van der Waals surface area contributed by atoms with Crippen LogP contribution in [0.2, 0.25) is 0 Å². The lowest BCUT2D eigenvalue weighted by Crippen LogP contribution is -2.45. The maximum atomic E-state index is 13.2. The largest absolute Gasteiger partial charge is 0.381 e. The molecule has 2 aliphatic rings. The Hall–Kier alpha value is -1.15. The third kappa shape index (κ3) is 2.54. The number of carbonyl (C=O) groups excluding carboxylic acids is 1. The van der Waals surface area contributed by atoms with E-state index in [2.05, 4.69) is 24.3 Å². The van der Waals surface area contributed by atoms with Gasteiger partial charge in [0.15, 0.2) is 0 Å². The van der Waals surface area contributed by atoms with Gasteiger partial charge in [-0.15, -0.1) is 0 Å². The minimum absolute atomic E-state index is 0.276. The summed E-state index contributed by atoms with van der Waals surface area (Å²) in [5.41, 5.74) is 0.931. The van der Waals surface area contributed by atoms with E-state index in [-0.39, 0.29) is 11.3 Å². The molecule has 0 atom stereocenters. The van der Waals surface area contributed by atoms with Crippen LogP contribution in [0.1, 0.15) is 50.5 Å². The Morgan fingerprint density at radius 2 is 1.65 bits per heavy atom. The Morgan fingerprint density at radius 1 is 1.00 bits per heavy atom. The molecule has 108 valence electrons. The first-order valence-corrected chi connectivity index (χ1v) is 8.00. The van der Waals surface area contributed by atoms with Gasteiger partial charge in [0.1, 0.15) is 5.78 Å². The van der Waals surface area contributed by atoms with Crippen LogP contribution in [0.3, 0.4) is 0 Å². The standard InChI is InChI=1S/C18H24O2/c19-17(15-7-3-1-4-8-15)18(11-13-20-14-12-18)16-9-5-2-6-10-16/h2,5-6,9-10,15H,1,3-4,7-8,11-14H2. The Balaban J connectivity index is 1.91. The van der Waals surface area contributed by atoms with Gasteiger partial charge in [-0.3, -0.25) is 4.79 Å². The van der Waals surface area contributed by atoms with Crippen LogP contribution in [0.25, 0.3) is 0 Å². The highest BCUT2D eigenvalue weighted by Gasteiger charge is 2.44. The number of hydrogen-bond donors (Lipinski definition) is 0. The zero-order valence-electron chi connectivity index (χ0n) is 12.1. The molecule has 1 heterocycles. The van der Waals surface area contributed by atoms with Crippen molar-refractivity contribution in [2.45, 2.75) is 50.4 Å². The first-order chi connectivity index (χ1) is 9.83. The summed E-state index contributed by atoms with van der Waals surface area (Å²) in [6, 6.07) is 10.4. The third-order valence-corrected chi connectivity index (χ3v) is 5.12. The summed E-state index contributed by atoms with van der Waals surface area (Å²) in [6.07, 6.45) is 7.63. The molecule has 1 saturated carbocycles. The van der Waals surface area contributed by atoms with Gasteiger partial charge in [0.05, 0.1) is 5.41 Å². The maximum absolute atomic E-state index is 13.2. The molecule has 2 fully saturated rings. The average molecular weight is 272 g/mol. The molecule has 0 spiro atoms. The fourth-order valence-corrected chi connectivity index (χ4v) is 3.91. The summed E-state index contributed by atoms with van der Waals surface area (Å²) in [4.78, 5) is 13.2. The number of rotatable bonds is 3. The van der Waals surface area contributed by atoms with Gasteiger partial charge < -0.3 is 4.74 Å². The van der Waals surface area contributed by atoms with E-state index in [0.717, 1.165) is 25.7 Å². The van der Waals surface area contributed by atoms with E-state index in [0.29, 0.717) is 19.0 Å². The van der Waals surface area contributed by atoms with Crippen LogP contribution in [0.5, 0.6) is 0 Å². The summed E-state index contributed by atoms with van der Waals surface area (Å²) >= 11 is 0. The SMILES string of the molecule is O=C(C1CCCCC1)C1(c2ccccc2)CCOCC1. The molecule has 0 bridgehead atoms. The van der Waals surface area contributed by atoms with Crippen LogP contribution in [0.4, 0.5) is 0 Å². The van der Waals surface area contributed by atoms with Gasteiger partial charge in [-0.05, 0) is 31.2 Å². The van der Waals surface area contributed by atoms with Gasteiger partial charge in [-0.25, -0.2) is 0 Å². The van der Waals surface area contributed by atoms with Gasteiger partial charge in [-0.1, -0.05) is 49.6 Å². The number of ether oxygens (including phenoxy) is 1. The van der Waals surface area contributed by atoms with Crippen molar-refractivity contribution in [3.63, 3.8) is 0 Å². The second-order valence-corrected chi connectivity index (χ2v) is 6.26. The zero-order valence-corrected chi connectivity index (χ0v) is 12.1. The van der Waals surface area contributed by atoms with Crippen LogP contribution in [0, 0.1) is 5.92 Å². The summed E-state index contributed by atoms with van der Waals surface area (Å²) in [5.74, 6) is 0.772. The van der Waals surface area contributed by atoms with E-state index >= 15 is 0 Å². The molecular weight excluding hydrogens is 248 g/mol. The van der Waals surface area contributed by atoms with Crippen molar-refractivity contribution in [1.82, 2.24) is 0 Å². The second-order valence-electron chi connectivity index (χ2n) is 6.26. The summed E-state index contributed by atoms with van der Waals surface area (Å²) < 4.78 is 5.53. The van der Waals surface area contributed by atoms with Crippen LogP contribution >= 0.6 is 0 Å². The van der Waals surface area contributed by atoms with Crippen LogP contribution in [-0.2, 0) is 14.9 Å². The monoisotopic (exact) mass is 272 g/mol. The molecule has 0 radical (unpaired) electrons. The molecule has 1 aliphatic carbocycles. The quantitative estimate of drug-likeness (QED) is 0.834. The number of Topliss-reactive ketones (excluding diaryl/α,β-unsaturated/α-hetero) is 1. The molecule has 1 aromatic rings. The van der Waals surface area contributed by atoms with Crippen LogP contribution < -0.4 is 0 Å². The normalized spacial score (nSPS) is 23.4. The molecule has 0 amide bonds. The fraction of sp³-hybridized carbons (Fsp3) is 0.611. The van der Waals surface area contributed by atoms with Crippen molar-refractivity contribution in [2.75, 3.05) is 13.2 Å². The second kappa shape index (κ2) is 6.09. The topological polar surface area (TPSA) is 26.3 Å². The Bertz CT molecular complexity index is 440. The first kappa shape index (κ1) is 13.8. The smallest absolute Gasteiger partial charge is 0.146 e. The van der Waals surface area contributed by atoms with Gasteiger partial charge in [0.2, 0.25) is 0 Å². The first-order valence-electron chi connectivity index (χ1n) is 8.00. The lowest BCUT2D eigenvalue weighted by Gasteiger charge is -2.39. The predicted octanol–water partition coefficient (Wildman–Crippen LogP) is 3.88. The number of ketones is 1. The van der Waals surface area contributed by atoms with E-state index in [1.807, 2.05) is 6.07 Å². The number of benzene rings is 1. The van der Waals surface area contributed by atoms with E-state index < -0.39 is 0 Å². The molecule has 1 saturated heterocycles. The summed E-state index contributed by atoms with van der Waals surface area (Å²) in [6.45, 7) is 1.43. The molecule has 0 N–H and O–H groups in total. The van der Waals surface area contributed by atoms with Crippen molar-refractivity contribution in [3.8, 4) is 0 Å². The lowest BCUT2D eigenvalue weighted by molar-refractivity contribution is -0.133. The van der Waals surface area contributed by atoms with E-state index in [1.54, 1.807) is 0 Å². The summed E-state index contributed by atoms with van der Waals surface area (Å²) in [7, 11) is 0. The summed E-state index contributed by atoms with van der Waals surface area (Å²) in [5, 5.41) is 0. The van der Waals surface area contributed by atoms with Gasteiger partial charge in [0, 0.05) is 19.1 Å². The van der Waals surface area contributed by atoms with Crippen molar-refractivity contribution in [2.24, 2.45) is 5.92 Å². The molecule has 2 heteroatoms. The molecule has 0 unspecified atom stereocenters. The lowest BCUT2D eigenvalue weighted by atomic mass is 9.65. The molecule has 1 aliphatic heterocycles. The van der Waals surface area contributed by atoms with Crippen molar-refractivity contribution in [1.29, 1.82) is 0 Å². The van der Waals surface area contributed by atoms with Crippen LogP contribution in [-0.4, -0.2) is 19.0 Å². The Morgan fingerprint density at radius 3 is 2.30 bits per heavy atom. The zero-order chi connectivity index (χ0) is 13.8. The number of carbonyl (C=O) groups is 1.